The molecule has 2 unspecified atom stereocenters. The Morgan fingerprint density at radius 1 is 0.596 bits per heavy atom. The van der Waals surface area contributed by atoms with Gasteiger partial charge in [-0.1, -0.05) is 126 Å². The molecule has 0 saturated heterocycles. The van der Waals surface area contributed by atoms with Crippen molar-refractivity contribution >= 4 is 19.8 Å². The van der Waals surface area contributed by atoms with E-state index in [9.17, 15) is 19.0 Å². The first-order valence-electron chi connectivity index (χ1n) is 20.2. The molecule has 0 aliphatic heterocycles. The number of unbranched alkanes of at least 4 members (excludes halogenated alkanes) is 13. The Bertz CT molecular complexity index is 1040. The van der Waals surface area contributed by atoms with Gasteiger partial charge in [-0.3, -0.25) is 18.6 Å². The van der Waals surface area contributed by atoms with Crippen molar-refractivity contribution in [3.8, 4) is 0 Å². The molecule has 0 radical (unpaired) electrons. The number of rotatable bonds is 37. The van der Waals surface area contributed by atoms with Gasteiger partial charge in [-0.2, -0.15) is 0 Å². The Hall–Kier alpha value is -2.29. The maximum atomic E-state index is 12.6. The molecule has 0 aromatic rings. The molecule has 0 aliphatic carbocycles. The molecule has 0 spiro atoms. The van der Waals surface area contributed by atoms with Gasteiger partial charge in [0.1, 0.15) is 6.61 Å². The molecule has 0 fully saturated rings. The van der Waals surface area contributed by atoms with Crippen molar-refractivity contribution < 1.29 is 37.6 Å². The van der Waals surface area contributed by atoms with E-state index in [1.54, 1.807) is 7.05 Å². The van der Waals surface area contributed by atoms with Crippen LogP contribution < -0.4 is 5.32 Å². The Morgan fingerprint density at radius 3 is 1.65 bits per heavy atom. The zero-order chi connectivity index (χ0) is 38.2. The number of esters is 2. The molecule has 0 rings (SSSR count). The van der Waals surface area contributed by atoms with E-state index in [2.05, 4.69) is 73.8 Å². The van der Waals surface area contributed by atoms with Crippen molar-refractivity contribution in [2.24, 2.45) is 0 Å². The molecule has 10 heteroatoms. The fourth-order valence-electron chi connectivity index (χ4n) is 5.01. The minimum absolute atomic E-state index is 0.0307. The molecule has 300 valence electrons. The third-order valence-electron chi connectivity index (χ3n) is 8.11. The number of phosphoric ester groups is 1. The Morgan fingerprint density at radius 2 is 1.06 bits per heavy atom. The van der Waals surface area contributed by atoms with Gasteiger partial charge >= 0.3 is 19.8 Å². The highest BCUT2D eigenvalue weighted by Crippen LogP contribution is 2.43. The second kappa shape index (κ2) is 38.4. The van der Waals surface area contributed by atoms with Crippen LogP contribution in [0.2, 0.25) is 0 Å². The minimum Gasteiger partial charge on any atom is -0.462 e. The van der Waals surface area contributed by atoms with Gasteiger partial charge in [0.05, 0.1) is 13.2 Å². The lowest BCUT2D eigenvalue weighted by atomic mass is 10.1. The van der Waals surface area contributed by atoms with Gasteiger partial charge in [-0.25, -0.2) is 4.57 Å². The standard InChI is InChI=1S/C42H74NO8P/c1-4-6-8-10-12-14-16-18-19-20-21-23-25-27-29-31-33-35-42(45)51-40(39-50-52(46,47)49-37-36-43-3)38-48-41(44)34-32-30-28-26-24-22-17-15-13-11-9-7-5-2/h12,14-15,17-19,21,23,27,29,40,43H,4-11,13,16,20,22,24-26,28,30-39H2,1-3H3,(H,46,47)/b14-12-,17-15-,19-18-,23-21-,29-27-. The van der Waals surface area contributed by atoms with E-state index in [4.69, 9.17) is 18.5 Å². The van der Waals surface area contributed by atoms with Crippen molar-refractivity contribution in [3.05, 3.63) is 60.8 Å². The molecule has 9 nitrogen and oxygen atoms in total. The van der Waals surface area contributed by atoms with Crippen LogP contribution in [0, 0.1) is 0 Å². The number of likely N-dealkylation sites (N-methyl/N-ethyl adjacent to an activating group) is 1. The van der Waals surface area contributed by atoms with Crippen LogP contribution in [0.3, 0.4) is 0 Å². The van der Waals surface area contributed by atoms with Crippen LogP contribution in [0.15, 0.2) is 60.8 Å². The van der Waals surface area contributed by atoms with E-state index >= 15 is 0 Å². The molecule has 0 amide bonds. The van der Waals surface area contributed by atoms with Crippen LogP contribution in [0.5, 0.6) is 0 Å². The van der Waals surface area contributed by atoms with Crippen LogP contribution in [0.25, 0.3) is 0 Å². The Kier molecular flexibility index (Phi) is 36.7. The topological polar surface area (TPSA) is 120 Å². The van der Waals surface area contributed by atoms with E-state index in [0.717, 1.165) is 57.8 Å². The highest BCUT2D eigenvalue weighted by molar-refractivity contribution is 7.47. The summed E-state index contributed by atoms with van der Waals surface area (Å²) in [6, 6.07) is 0. The van der Waals surface area contributed by atoms with Crippen LogP contribution in [0.4, 0.5) is 0 Å². The molecule has 0 aromatic carbocycles. The number of carbonyl (C=O) groups is 2. The van der Waals surface area contributed by atoms with E-state index in [1.165, 1.54) is 57.8 Å². The summed E-state index contributed by atoms with van der Waals surface area (Å²) in [6.45, 7) is 4.09. The maximum Gasteiger partial charge on any atom is 0.472 e. The van der Waals surface area contributed by atoms with Gasteiger partial charge < -0.3 is 19.7 Å². The second-order valence-electron chi connectivity index (χ2n) is 13.1. The fourth-order valence-corrected chi connectivity index (χ4v) is 5.76. The number of ether oxygens (including phenoxy) is 2. The number of phosphoric acid groups is 1. The monoisotopic (exact) mass is 752 g/mol. The minimum atomic E-state index is -4.36. The zero-order valence-corrected chi connectivity index (χ0v) is 33.9. The highest BCUT2D eigenvalue weighted by atomic mass is 31.2. The Balaban J connectivity index is 4.40. The third kappa shape index (κ3) is 37.5. The lowest BCUT2D eigenvalue weighted by molar-refractivity contribution is -0.161. The molecule has 0 aromatic heterocycles. The van der Waals surface area contributed by atoms with Gasteiger partial charge in [-0.05, 0) is 84.1 Å². The zero-order valence-electron chi connectivity index (χ0n) is 33.0. The van der Waals surface area contributed by atoms with Crippen molar-refractivity contribution in [3.63, 3.8) is 0 Å². The SMILES string of the molecule is CCCCC/C=C\C/C=C\C/C=C\C/C=C\CCCC(=O)OC(COC(=O)CCCCCCC/C=C\CCCCCC)COP(=O)(O)OCCNC. The number of nitrogens with one attached hydrogen (secondary N) is 1. The average Bonchev–Trinajstić information content (AvgIpc) is 3.12. The molecule has 2 atom stereocenters. The number of hydrogen-bond donors (Lipinski definition) is 2. The highest BCUT2D eigenvalue weighted by Gasteiger charge is 2.26. The summed E-state index contributed by atoms with van der Waals surface area (Å²) >= 11 is 0. The third-order valence-corrected chi connectivity index (χ3v) is 9.09. The van der Waals surface area contributed by atoms with Crippen molar-refractivity contribution in [1.29, 1.82) is 0 Å². The summed E-state index contributed by atoms with van der Waals surface area (Å²) < 4.78 is 33.0. The van der Waals surface area contributed by atoms with E-state index in [-0.39, 0.29) is 26.1 Å². The summed E-state index contributed by atoms with van der Waals surface area (Å²) in [7, 11) is -2.67. The molecule has 52 heavy (non-hydrogen) atoms. The number of allylic oxidation sites excluding steroid dienone is 10. The lowest BCUT2D eigenvalue weighted by Crippen LogP contribution is -2.29. The maximum absolute atomic E-state index is 12.6. The van der Waals surface area contributed by atoms with Gasteiger partial charge in [0, 0.05) is 19.4 Å². The smallest absolute Gasteiger partial charge is 0.462 e. The Labute approximate surface area is 317 Å². The van der Waals surface area contributed by atoms with E-state index in [1.807, 2.05) is 6.08 Å². The van der Waals surface area contributed by atoms with Gasteiger partial charge in [0.2, 0.25) is 0 Å². The number of hydrogen-bond acceptors (Lipinski definition) is 8. The first-order valence-corrected chi connectivity index (χ1v) is 21.7. The molecular formula is C42H74NO8P. The predicted octanol–water partition coefficient (Wildman–Crippen LogP) is 11.2. The van der Waals surface area contributed by atoms with Crippen LogP contribution in [-0.4, -0.2) is 56.3 Å². The van der Waals surface area contributed by atoms with Crippen LogP contribution in [0.1, 0.15) is 155 Å². The second-order valence-corrected chi connectivity index (χ2v) is 14.6. The van der Waals surface area contributed by atoms with Gasteiger partial charge in [-0.15, -0.1) is 0 Å². The summed E-state index contributed by atoms with van der Waals surface area (Å²) in [5.41, 5.74) is 0. The molecule has 0 saturated carbocycles. The molecule has 0 bridgehead atoms. The first kappa shape index (κ1) is 49.7. The number of carbonyl (C=O) groups excluding carboxylic acids is 2. The van der Waals surface area contributed by atoms with Crippen molar-refractivity contribution in [2.75, 3.05) is 33.4 Å². The fraction of sp³-hybridized carbons (Fsp3) is 0.714. The molecular weight excluding hydrogens is 677 g/mol. The molecule has 0 heterocycles. The summed E-state index contributed by atoms with van der Waals surface area (Å²) in [6.07, 6.45) is 42.7. The van der Waals surface area contributed by atoms with Gasteiger partial charge in [0.15, 0.2) is 6.10 Å². The largest absolute Gasteiger partial charge is 0.472 e. The van der Waals surface area contributed by atoms with Crippen LogP contribution >= 0.6 is 7.82 Å². The summed E-state index contributed by atoms with van der Waals surface area (Å²) in [5, 5.41) is 2.81. The first-order chi connectivity index (χ1) is 25.3. The predicted molar refractivity (Wildman–Crippen MR) is 215 cm³/mol. The van der Waals surface area contributed by atoms with Crippen molar-refractivity contribution in [2.45, 2.75) is 161 Å². The van der Waals surface area contributed by atoms with Crippen LogP contribution in [-0.2, 0) is 32.7 Å². The quantitative estimate of drug-likeness (QED) is 0.0276. The average molecular weight is 752 g/mol. The molecule has 0 aliphatic rings. The summed E-state index contributed by atoms with van der Waals surface area (Å²) in [5.74, 6) is -0.888. The van der Waals surface area contributed by atoms with E-state index < -0.39 is 32.5 Å². The molecule has 2 N–H and O–H groups in total. The van der Waals surface area contributed by atoms with Gasteiger partial charge in [0.25, 0.3) is 0 Å². The van der Waals surface area contributed by atoms with Crippen molar-refractivity contribution in [1.82, 2.24) is 5.32 Å². The summed E-state index contributed by atoms with van der Waals surface area (Å²) in [4.78, 5) is 34.9. The lowest BCUT2D eigenvalue weighted by Gasteiger charge is -2.20. The normalized spacial score (nSPS) is 14.0. The van der Waals surface area contributed by atoms with E-state index in [0.29, 0.717) is 19.4 Å².